The number of hydrogen-bond acceptors (Lipinski definition) is 3. The molecule has 1 aromatic heterocycles. The van der Waals surface area contributed by atoms with Gasteiger partial charge < -0.3 is 10.2 Å². The highest BCUT2D eigenvalue weighted by atomic mass is 19.1. The van der Waals surface area contributed by atoms with Crippen LogP contribution < -0.4 is 10.2 Å². The fourth-order valence-electron chi connectivity index (χ4n) is 1.99. The van der Waals surface area contributed by atoms with Gasteiger partial charge in [0, 0.05) is 25.5 Å². The van der Waals surface area contributed by atoms with Crippen LogP contribution in [0.25, 0.3) is 0 Å². The highest BCUT2D eigenvalue weighted by molar-refractivity contribution is 6.09. The Labute approximate surface area is 117 Å². The van der Waals surface area contributed by atoms with Crippen molar-refractivity contribution in [1.82, 2.24) is 4.98 Å². The van der Waals surface area contributed by atoms with Crippen LogP contribution in [-0.2, 0) is 0 Å². The molecule has 0 aliphatic rings. The smallest absolute Gasteiger partial charge is 0.260 e. The molecule has 5 heteroatoms. The molecular weight excluding hydrogens is 257 g/mol. The van der Waals surface area contributed by atoms with Crippen LogP contribution in [0.2, 0.25) is 0 Å². The van der Waals surface area contributed by atoms with Gasteiger partial charge in [-0.25, -0.2) is 4.39 Å². The van der Waals surface area contributed by atoms with Crippen LogP contribution in [0.5, 0.6) is 0 Å². The van der Waals surface area contributed by atoms with Crippen molar-refractivity contribution in [3.05, 3.63) is 54.1 Å². The Bertz CT molecular complexity index is 598. The molecule has 0 saturated carbocycles. The molecule has 1 N–H and O–H groups in total. The van der Waals surface area contributed by atoms with Gasteiger partial charge in [0.15, 0.2) is 0 Å². The number of amides is 1. The number of nitrogens with zero attached hydrogens (tertiary/aromatic N) is 2. The van der Waals surface area contributed by atoms with E-state index in [1.165, 1.54) is 12.1 Å². The van der Waals surface area contributed by atoms with Crippen LogP contribution in [0.15, 0.2) is 42.7 Å². The van der Waals surface area contributed by atoms with Crippen LogP contribution in [-0.4, -0.2) is 24.5 Å². The van der Waals surface area contributed by atoms with Crippen molar-refractivity contribution in [3.63, 3.8) is 0 Å². The summed E-state index contributed by atoms with van der Waals surface area (Å²) in [5.74, 6) is -0.470. The van der Waals surface area contributed by atoms with Crippen LogP contribution >= 0.6 is 0 Å². The van der Waals surface area contributed by atoms with E-state index >= 15 is 0 Å². The van der Waals surface area contributed by atoms with E-state index in [0.29, 0.717) is 23.5 Å². The Morgan fingerprint density at radius 1 is 1.30 bits per heavy atom. The average Bonchev–Trinajstić information content (AvgIpc) is 2.49. The predicted molar refractivity (Wildman–Crippen MR) is 77.5 cm³/mol. The summed E-state index contributed by atoms with van der Waals surface area (Å²) in [7, 11) is 1.74. The summed E-state index contributed by atoms with van der Waals surface area (Å²) in [5, 5.41) is 2.95. The zero-order valence-electron chi connectivity index (χ0n) is 11.4. The first-order valence-electron chi connectivity index (χ1n) is 6.36. The van der Waals surface area contributed by atoms with Gasteiger partial charge in [0.1, 0.15) is 5.82 Å². The molecule has 0 bridgehead atoms. The normalized spacial score (nSPS) is 10.2. The summed E-state index contributed by atoms with van der Waals surface area (Å²) in [4.78, 5) is 18.2. The number of hydrogen-bond donors (Lipinski definition) is 1. The lowest BCUT2D eigenvalue weighted by molar-refractivity contribution is 0.0989. The Morgan fingerprint density at radius 2 is 2.00 bits per heavy atom. The molecule has 0 spiro atoms. The second-order valence-corrected chi connectivity index (χ2v) is 4.20. The standard InChI is InChI=1S/C15H16FN3O/c1-3-19(12-6-4-11(16)5-7-12)15(20)13-8-9-18-10-14(13)17-2/h4-10,17H,3H2,1-2H3. The van der Waals surface area contributed by atoms with Crippen molar-refractivity contribution in [2.24, 2.45) is 0 Å². The van der Waals surface area contributed by atoms with Gasteiger partial charge in [-0.2, -0.15) is 0 Å². The van der Waals surface area contributed by atoms with Crippen molar-refractivity contribution in [2.75, 3.05) is 23.8 Å². The van der Waals surface area contributed by atoms with Crippen molar-refractivity contribution >= 4 is 17.3 Å². The van der Waals surface area contributed by atoms with E-state index in [-0.39, 0.29) is 11.7 Å². The highest BCUT2D eigenvalue weighted by Crippen LogP contribution is 2.21. The van der Waals surface area contributed by atoms with Gasteiger partial charge in [-0.15, -0.1) is 0 Å². The zero-order chi connectivity index (χ0) is 14.5. The minimum atomic E-state index is -0.322. The Morgan fingerprint density at radius 3 is 2.60 bits per heavy atom. The van der Waals surface area contributed by atoms with E-state index in [0.717, 1.165) is 0 Å². The number of carbonyl (C=O) groups excluding carboxylic acids is 1. The molecule has 0 radical (unpaired) electrons. The van der Waals surface area contributed by atoms with Gasteiger partial charge >= 0.3 is 0 Å². The maximum absolute atomic E-state index is 13.0. The largest absolute Gasteiger partial charge is 0.386 e. The van der Waals surface area contributed by atoms with E-state index in [4.69, 9.17) is 0 Å². The molecule has 104 valence electrons. The number of pyridine rings is 1. The van der Waals surface area contributed by atoms with E-state index in [9.17, 15) is 9.18 Å². The van der Waals surface area contributed by atoms with Gasteiger partial charge in [-0.1, -0.05) is 0 Å². The number of halogens is 1. The number of nitrogens with one attached hydrogen (secondary N) is 1. The number of anilines is 2. The van der Waals surface area contributed by atoms with Gasteiger partial charge in [-0.05, 0) is 37.3 Å². The van der Waals surface area contributed by atoms with E-state index < -0.39 is 0 Å². The lowest BCUT2D eigenvalue weighted by atomic mass is 10.1. The molecule has 20 heavy (non-hydrogen) atoms. The second-order valence-electron chi connectivity index (χ2n) is 4.20. The zero-order valence-corrected chi connectivity index (χ0v) is 11.4. The Hall–Kier alpha value is -2.43. The monoisotopic (exact) mass is 273 g/mol. The molecule has 2 aromatic rings. The minimum absolute atomic E-state index is 0.147. The number of aromatic nitrogens is 1. The second kappa shape index (κ2) is 6.14. The predicted octanol–water partition coefficient (Wildman–Crippen LogP) is 2.93. The van der Waals surface area contributed by atoms with Gasteiger partial charge in [0.2, 0.25) is 0 Å². The third kappa shape index (κ3) is 2.77. The van der Waals surface area contributed by atoms with Crippen molar-refractivity contribution in [3.8, 4) is 0 Å². The molecule has 2 rings (SSSR count). The van der Waals surface area contributed by atoms with Crippen LogP contribution in [0, 0.1) is 5.82 Å². The molecule has 1 amide bonds. The number of rotatable bonds is 4. The van der Waals surface area contributed by atoms with Crippen LogP contribution in [0.3, 0.4) is 0 Å². The molecule has 1 aromatic carbocycles. The lowest BCUT2D eigenvalue weighted by Crippen LogP contribution is -2.31. The number of benzene rings is 1. The molecular formula is C15H16FN3O. The fourth-order valence-corrected chi connectivity index (χ4v) is 1.99. The molecule has 0 unspecified atom stereocenters. The van der Waals surface area contributed by atoms with E-state index in [1.54, 1.807) is 42.5 Å². The third-order valence-corrected chi connectivity index (χ3v) is 3.02. The van der Waals surface area contributed by atoms with Crippen molar-refractivity contribution in [2.45, 2.75) is 6.92 Å². The summed E-state index contributed by atoms with van der Waals surface area (Å²) < 4.78 is 13.0. The van der Waals surface area contributed by atoms with E-state index in [1.807, 2.05) is 6.92 Å². The van der Waals surface area contributed by atoms with Crippen molar-refractivity contribution < 1.29 is 9.18 Å². The minimum Gasteiger partial charge on any atom is -0.386 e. The molecule has 4 nitrogen and oxygen atoms in total. The van der Waals surface area contributed by atoms with Crippen LogP contribution in [0.4, 0.5) is 15.8 Å². The summed E-state index contributed by atoms with van der Waals surface area (Å²) in [5.41, 5.74) is 1.87. The Balaban J connectivity index is 2.36. The maximum atomic E-state index is 13.0. The molecule has 0 fully saturated rings. The topological polar surface area (TPSA) is 45.2 Å². The SMILES string of the molecule is CCN(C(=O)c1ccncc1NC)c1ccc(F)cc1. The Kier molecular flexibility index (Phi) is 4.30. The number of carbonyl (C=O) groups is 1. The quantitative estimate of drug-likeness (QED) is 0.931. The first kappa shape index (κ1) is 14.0. The molecule has 0 saturated heterocycles. The van der Waals surface area contributed by atoms with E-state index in [2.05, 4.69) is 10.3 Å². The molecule has 0 aliphatic heterocycles. The molecule has 0 atom stereocenters. The third-order valence-electron chi connectivity index (χ3n) is 3.02. The van der Waals surface area contributed by atoms with Crippen molar-refractivity contribution in [1.29, 1.82) is 0 Å². The summed E-state index contributed by atoms with van der Waals surface area (Å²) in [6.45, 7) is 2.37. The summed E-state index contributed by atoms with van der Waals surface area (Å²) in [6.07, 6.45) is 3.18. The van der Waals surface area contributed by atoms with Gasteiger partial charge in [0.05, 0.1) is 17.4 Å². The van der Waals surface area contributed by atoms with Crippen LogP contribution in [0.1, 0.15) is 17.3 Å². The first-order chi connectivity index (χ1) is 9.67. The summed E-state index contributed by atoms with van der Waals surface area (Å²) >= 11 is 0. The molecule has 1 heterocycles. The highest BCUT2D eigenvalue weighted by Gasteiger charge is 2.18. The maximum Gasteiger partial charge on any atom is 0.260 e. The average molecular weight is 273 g/mol. The summed E-state index contributed by atoms with van der Waals surface area (Å²) in [6, 6.07) is 7.54. The molecule has 0 aliphatic carbocycles. The fraction of sp³-hybridized carbons (Fsp3) is 0.200. The lowest BCUT2D eigenvalue weighted by Gasteiger charge is -2.22. The van der Waals surface area contributed by atoms with Gasteiger partial charge in [0.25, 0.3) is 5.91 Å². The first-order valence-corrected chi connectivity index (χ1v) is 6.36. The van der Waals surface area contributed by atoms with Gasteiger partial charge in [-0.3, -0.25) is 9.78 Å².